The van der Waals surface area contributed by atoms with Crippen LogP contribution in [0.5, 0.6) is 11.5 Å². The van der Waals surface area contributed by atoms with E-state index in [9.17, 15) is 4.79 Å². The van der Waals surface area contributed by atoms with Crippen molar-refractivity contribution >= 4 is 5.91 Å². The maximum Gasteiger partial charge on any atom is 0.234 e. The molecule has 3 aliphatic rings. The number of nitrogens with one attached hydrogen (secondary N) is 1. The van der Waals surface area contributed by atoms with Crippen molar-refractivity contribution in [3.8, 4) is 11.5 Å². The minimum Gasteiger partial charge on any atom is -0.454 e. The SMILES string of the molecule is O=C(CN1CCC(CN2CCCCCC2)CC1)NCc1ccc2c(c1)OCO2. The molecule has 1 N–H and O–H groups in total. The number of fused-ring (bicyclic) bond motifs is 1. The zero-order valence-corrected chi connectivity index (χ0v) is 16.8. The molecule has 0 saturated carbocycles. The van der Waals surface area contributed by atoms with E-state index >= 15 is 0 Å². The van der Waals surface area contributed by atoms with E-state index in [2.05, 4.69) is 15.1 Å². The van der Waals surface area contributed by atoms with Crippen molar-refractivity contribution in [2.75, 3.05) is 46.1 Å². The van der Waals surface area contributed by atoms with Crippen molar-refractivity contribution in [1.29, 1.82) is 0 Å². The largest absolute Gasteiger partial charge is 0.454 e. The molecule has 0 atom stereocenters. The summed E-state index contributed by atoms with van der Waals surface area (Å²) in [4.78, 5) is 17.3. The first-order chi connectivity index (χ1) is 13.8. The summed E-state index contributed by atoms with van der Waals surface area (Å²) >= 11 is 0. The van der Waals surface area contributed by atoms with Crippen LogP contribution in [0.4, 0.5) is 0 Å². The van der Waals surface area contributed by atoms with E-state index in [4.69, 9.17) is 9.47 Å². The zero-order chi connectivity index (χ0) is 19.2. The number of carbonyl (C=O) groups excluding carboxylic acids is 1. The van der Waals surface area contributed by atoms with Crippen molar-refractivity contribution in [1.82, 2.24) is 15.1 Å². The molecule has 0 aliphatic carbocycles. The van der Waals surface area contributed by atoms with Gasteiger partial charge in [-0.15, -0.1) is 0 Å². The summed E-state index contributed by atoms with van der Waals surface area (Å²) in [7, 11) is 0. The lowest BCUT2D eigenvalue weighted by Gasteiger charge is -2.34. The van der Waals surface area contributed by atoms with Gasteiger partial charge in [-0.3, -0.25) is 9.69 Å². The van der Waals surface area contributed by atoms with Crippen LogP contribution >= 0.6 is 0 Å². The first kappa shape index (κ1) is 19.5. The van der Waals surface area contributed by atoms with Gasteiger partial charge in [0, 0.05) is 13.1 Å². The molecule has 2 saturated heterocycles. The van der Waals surface area contributed by atoms with Crippen LogP contribution in [-0.4, -0.2) is 61.8 Å². The summed E-state index contributed by atoms with van der Waals surface area (Å²) in [5.74, 6) is 2.44. The Bertz CT molecular complexity index is 650. The number of likely N-dealkylation sites (tertiary alicyclic amines) is 2. The Morgan fingerprint density at radius 3 is 2.50 bits per heavy atom. The third kappa shape index (κ3) is 5.39. The summed E-state index contributed by atoms with van der Waals surface area (Å²) in [5.41, 5.74) is 1.04. The monoisotopic (exact) mass is 387 g/mol. The van der Waals surface area contributed by atoms with Crippen LogP contribution in [0.1, 0.15) is 44.1 Å². The number of rotatable bonds is 6. The summed E-state index contributed by atoms with van der Waals surface area (Å²) in [6.45, 7) is 7.20. The number of hydrogen-bond acceptors (Lipinski definition) is 5. The molecule has 1 amide bonds. The molecule has 6 heteroatoms. The van der Waals surface area contributed by atoms with Crippen LogP contribution in [0.15, 0.2) is 18.2 Å². The average Bonchev–Trinajstić information content (AvgIpc) is 3.03. The number of ether oxygens (including phenoxy) is 2. The van der Waals surface area contributed by atoms with Gasteiger partial charge in [0.25, 0.3) is 0 Å². The highest BCUT2D eigenvalue weighted by Gasteiger charge is 2.23. The van der Waals surface area contributed by atoms with Gasteiger partial charge in [0.15, 0.2) is 11.5 Å². The number of nitrogens with zero attached hydrogens (tertiary/aromatic N) is 2. The molecule has 1 aromatic rings. The van der Waals surface area contributed by atoms with Crippen LogP contribution in [0, 0.1) is 5.92 Å². The Hall–Kier alpha value is -1.79. The highest BCUT2D eigenvalue weighted by Crippen LogP contribution is 2.32. The van der Waals surface area contributed by atoms with E-state index in [0.717, 1.165) is 36.1 Å². The van der Waals surface area contributed by atoms with Gasteiger partial charge in [-0.2, -0.15) is 0 Å². The molecular formula is C22H33N3O3. The molecule has 28 heavy (non-hydrogen) atoms. The van der Waals surface area contributed by atoms with E-state index in [1.54, 1.807) is 0 Å². The Labute approximate surface area is 168 Å². The second kappa shape index (κ2) is 9.61. The number of hydrogen-bond donors (Lipinski definition) is 1. The molecule has 154 valence electrons. The fourth-order valence-corrected chi connectivity index (χ4v) is 4.52. The van der Waals surface area contributed by atoms with Gasteiger partial charge in [0.1, 0.15) is 0 Å². The number of carbonyl (C=O) groups is 1. The number of piperidine rings is 1. The van der Waals surface area contributed by atoms with E-state index < -0.39 is 0 Å². The molecule has 0 radical (unpaired) electrons. The molecule has 0 unspecified atom stereocenters. The molecule has 0 aromatic heterocycles. The molecule has 0 spiro atoms. The lowest BCUT2D eigenvalue weighted by atomic mass is 9.96. The Morgan fingerprint density at radius 1 is 0.964 bits per heavy atom. The molecule has 2 fully saturated rings. The van der Waals surface area contributed by atoms with Gasteiger partial charge < -0.3 is 19.7 Å². The van der Waals surface area contributed by atoms with E-state index in [1.807, 2.05) is 18.2 Å². The highest BCUT2D eigenvalue weighted by atomic mass is 16.7. The summed E-state index contributed by atoms with van der Waals surface area (Å²) < 4.78 is 10.7. The molecule has 3 heterocycles. The second-order valence-corrected chi connectivity index (χ2v) is 8.40. The van der Waals surface area contributed by atoms with Crippen LogP contribution < -0.4 is 14.8 Å². The Balaban J connectivity index is 1.15. The smallest absolute Gasteiger partial charge is 0.234 e. The first-order valence-electron chi connectivity index (χ1n) is 10.9. The third-order valence-electron chi connectivity index (χ3n) is 6.22. The van der Waals surface area contributed by atoms with Crippen molar-refractivity contribution in [2.24, 2.45) is 5.92 Å². The maximum atomic E-state index is 12.3. The Morgan fingerprint density at radius 2 is 1.71 bits per heavy atom. The molecule has 3 aliphatic heterocycles. The number of benzene rings is 1. The van der Waals surface area contributed by atoms with Gasteiger partial charge in [0.2, 0.25) is 12.7 Å². The van der Waals surface area contributed by atoms with Crippen LogP contribution in [0.2, 0.25) is 0 Å². The first-order valence-corrected chi connectivity index (χ1v) is 10.9. The van der Waals surface area contributed by atoms with Gasteiger partial charge in [-0.05, 0) is 75.5 Å². The minimum atomic E-state index is 0.101. The predicted octanol–water partition coefficient (Wildman–Crippen LogP) is 2.62. The average molecular weight is 388 g/mol. The van der Waals surface area contributed by atoms with Crippen molar-refractivity contribution in [3.05, 3.63) is 23.8 Å². The lowest BCUT2D eigenvalue weighted by molar-refractivity contribution is -0.122. The second-order valence-electron chi connectivity index (χ2n) is 8.40. The molecule has 4 rings (SSSR count). The minimum absolute atomic E-state index is 0.101. The van der Waals surface area contributed by atoms with Crippen molar-refractivity contribution < 1.29 is 14.3 Å². The summed E-state index contributed by atoms with van der Waals surface area (Å²) in [5, 5.41) is 3.04. The quantitative estimate of drug-likeness (QED) is 0.813. The van der Waals surface area contributed by atoms with E-state index in [-0.39, 0.29) is 12.7 Å². The number of amides is 1. The van der Waals surface area contributed by atoms with Gasteiger partial charge in [0.05, 0.1) is 6.54 Å². The van der Waals surface area contributed by atoms with Crippen molar-refractivity contribution in [2.45, 2.75) is 45.1 Å². The molecule has 6 nitrogen and oxygen atoms in total. The fraction of sp³-hybridized carbons (Fsp3) is 0.682. The van der Waals surface area contributed by atoms with E-state index in [0.29, 0.717) is 13.1 Å². The third-order valence-corrected chi connectivity index (χ3v) is 6.22. The molecule has 1 aromatic carbocycles. The molecular weight excluding hydrogens is 354 g/mol. The standard InChI is InChI=1S/C22H33N3O3/c26-22(23-14-19-5-6-20-21(13-19)28-17-27-20)16-25-11-7-18(8-12-25)15-24-9-3-1-2-4-10-24/h5-6,13,18H,1-4,7-12,14-17H2,(H,23,26). The van der Waals surface area contributed by atoms with Crippen LogP contribution in [0.25, 0.3) is 0 Å². The Kier molecular flexibility index (Phi) is 6.70. The normalized spacial score (nSPS) is 21.4. The van der Waals surface area contributed by atoms with Gasteiger partial charge >= 0.3 is 0 Å². The summed E-state index contributed by atoms with van der Waals surface area (Å²) in [6.07, 6.45) is 7.95. The van der Waals surface area contributed by atoms with Crippen LogP contribution in [-0.2, 0) is 11.3 Å². The van der Waals surface area contributed by atoms with Crippen LogP contribution in [0.3, 0.4) is 0 Å². The van der Waals surface area contributed by atoms with Crippen molar-refractivity contribution in [3.63, 3.8) is 0 Å². The fourth-order valence-electron chi connectivity index (χ4n) is 4.52. The van der Waals surface area contributed by atoms with Gasteiger partial charge in [-0.1, -0.05) is 18.9 Å². The zero-order valence-electron chi connectivity index (χ0n) is 16.8. The molecule has 0 bridgehead atoms. The summed E-state index contributed by atoms with van der Waals surface area (Å²) in [6, 6.07) is 5.82. The van der Waals surface area contributed by atoms with E-state index in [1.165, 1.54) is 58.2 Å². The topological polar surface area (TPSA) is 54.0 Å². The highest BCUT2D eigenvalue weighted by molar-refractivity contribution is 5.78. The lowest BCUT2D eigenvalue weighted by Crippen LogP contribution is -2.43. The predicted molar refractivity (Wildman–Crippen MR) is 108 cm³/mol. The maximum absolute atomic E-state index is 12.3. The van der Waals surface area contributed by atoms with Gasteiger partial charge in [-0.25, -0.2) is 0 Å².